The SMILES string of the molecule is Cl.O=C(CN1CSCC1=O)NCC1CCCNC1. The highest BCUT2D eigenvalue weighted by molar-refractivity contribution is 8.00. The van der Waals surface area contributed by atoms with Gasteiger partial charge in [-0.25, -0.2) is 0 Å². The number of hydrogen-bond donors (Lipinski definition) is 2. The van der Waals surface area contributed by atoms with Gasteiger partial charge in [0.2, 0.25) is 11.8 Å². The Labute approximate surface area is 118 Å². The zero-order valence-corrected chi connectivity index (χ0v) is 11.9. The van der Waals surface area contributed by atoms with Crippen LogP contribution in [0.4, 0.5) is 0 Å². The molecular weight excluding hydrogens is 274 g/mol. The van der Waals surface area contributed by atoms with Gasteiger partial charge in [0.15, 0.2) is 0 Å². The van der Waals surface area contributed by atoms with Gasteiger partial charge in [-0.1, -0.05) is 0 Å². The maximum Gasteiger partial charge on any atom is 0.239 e. The Morgan fingerprint density at radius 1 is 1.56 bits per heavy atom. The Morgan fingerprint density at radius 3 is 3.00 bits per heavy atom. The molecule has 2 aliphatic rings. The first-order valence-electron chi connectivity index (χ1n) is 6.08. The quantitative estimate of drug-likeness (QED) is 0.769. The summed E-state index contributed by atoms with van der Waals surface area (Å²) in [5.41, 5.74) is 0. The van der Waals surface area contributed by atoms with E-state index in [4.69, 9.17) is 0 Å². The first-order valence-corrected chi connectivity index (χ1v) is 7.24. The van der Waals surface area contributed by atoms with Gasteiger partial charge in [-0.05, 0) is 31.8 Å². The molecule has 0 bridgehead atoms. The van der Waals surface area contributed by atoms with Crippen molar-refractivity contribution in [1.29, 1.82) is 0 Å². The Bertz CT molecular complexity index is 298. The summed E-state index contributed by atoms with van der Waals surface area (Å²) in [5, 5.41) is 6.24. The average Bonchev–Trinajstić information content (AvgIpc) is 2.74. The molecule has 0 radical (unpaired) electrons. The summed E-state index contributed by atoms with van der Waals surface area (Å²) >= 11 is 1.56. The first-order chi connectivity index (χ1) is 8.25. The Balaban J connectivity index is 0.00000162. The molecule has 0 saturated carbocycles. The van der Waals surface area contributed by atoms with Crippen molar-refractivity contribution in [2.45, 2.75) is 12.8 Å². The molecule has 7 heteroatoms. The molecule has 2 saturated heterocycles. The monoisotopic (exact) mass is 293 g/mol. The van der Waals surface area contributed by atoms with Crippen LogP contribution in [-0.2, 0) is 9.59 Å². The molecule has 2 rings (SSSR count). The second kappa shape index (κ2) is 7.86. The molecule has 2 fully saturated rings. The lowest BCUT2D eigenvalue weighted by molar-refractivity contribution is -0.132. The molecule has 2 N–H and O–H groups in total. The van der Waals surface area contributed by atoms with Crippen LogP contribution in [0.1, 0.15) is 12.8 Å². The number of rotatable bonds is 4. The van der Waals surface area contributed by atoms with Crippen molar-refractivity contribution in [3.8, 4) is 0 Å². The summed E-state index contributed by atoms with van der Waals surface area (Å²) in [4.78, 5) is 24.6. The maximum atomic E-state index is 11.7. The van der Waals surface area contributed by atoms with Crippen molar-refractivity contribution in [2.24, 2.45) is 5.92 Å². The molecule has 2 heterocycles. The highest BCUT2D eigenvalue weighted by Crippen LogP contribution is 2.14. The van der Waals surface area contributed by atoms with E-state index in [0.717, 1.165) is 19.6 Å². The summed E-state index contributed by atoms with van der Waals surface area (Å²) in [7, 11) is 0. The predicted molar refractivity (Wildman–Crippen MR) is 74.9 cm³/mol. The van der Waals surface area contributed by atoms with E-state index in [9.17, 15) is 9.59 Å². The van der Waals surface area contributed by atoms with E-state index < -0.39 is 0 Å². The van der Waals surface area contributed by atoms with Gasteiger partial charge < -0.3 is 15.5 Å². The lowest BCUT2D eigenvalue weighted by Crippen LogP contribution is -2.42. The number of hydrogen-bond acceptors (Lipinski definition) is 4. The van der Waals surface area contributed by atoms with E-state index in [2.05, 4.69) is 10.6 Å². The molecule has 0 aromatic carbocycles. The van der Waals surface area contributed by atoms with Gasteiger partial charge in [0.05, 0.1) is 11.6 Å². The molecule has 0 aromatic rings. The zero-order valence-electron chi connectivity index (χ0n) is 10.3. The number of halogens is 1. The Hall–Kier alpha value is -0.460. The van der Waals surface area contributed by atoms with Crippen LogP contribution >= 0.6 is 24.2 Å². The van der Waals surface area contributed by atoms with E-state index in [1.165, 1.54) is 12.8 Å². The van der Waals surface area contributed by atoms with Crippen molar-refractivity contribution in [2.75, 3.05) is 37.8 Å². The number of nitrogens with zero attached hydrogens (tertiary/aromatic N) is 1. The van der Waals surface area contributed by atoms with Gasteiger partial charge in [-0.3, -0.25) is 9.59 Å². The fourth-order valence-electron chi connectivity index (χ4n) is 2.13. The maximum absolute atomic E-state index is 11.7. The number of carbonyl (C=O) groups is 2. The molecule has 0 spiro atoms. The normalized spacial score (nSPS) is 23.7. The molecule has 18 heavy (non-hydrogen) atoms. The minimum atomic E-state index is -0.0357. The summed E-state index contributed by atoms with van der Waals surface area (Å²) in [6.07, 6.45) is 2.35. The third-order valence-electron chi connectivity index (χ3n) is 3.15. The fourth-order valence-corrected chi connectivity index (χ4v) is 3.03. The zero-order chi connectivity index (χ0) is 12.1. The van der Waals surface area contributed by atoms with Crippen molar-refractivity contribution in [1.82, 2.24) is 15.5 Å². The highest BCUT2D eigenvalue weighted by Gasteiger charge is 2.23. The van der Waals surface area contributed by atoms with Crippen LogP contribution in [0, 0.1) is 5.92 Å². The van der Waals surface area contributed by atoms with Crippen LogP contribution in [0.3, 0.4) is 0 Å². The van der Waals surface area contributed by atoms with Gasteiger partial charge in [-0.2, -0.15) is 0 Å². The average molecular weight is 294 g/mol. The van der Waals surface area contributed by atoms with E-state index in [1.54, 1.807) is 16.7 Å². The van der Waals surface area contributed by atoms with Crippen molar-refractivity contribution < 1.29 is 9.59 Å². The van der Waals surface area contributed by atoms with Crippen LogP contribution in [-0.4, -0.2) is 54.5 Å². The highest BCUT2D eigenvalue weighted by atomic mass is 35.5. The number of amides is 2. The van der Waals surface area contributed by atoms with Gasteiger partial charge in [0.1, 0.15) is 6.54 Å². The second-order valence-corrected chi connectivity index (χ2v) is 5.54. The van der Waals surface area contributed by atoms with Crippen LogP contribution in [0.5, 0.6) is 0 Å². The molecule has 104 valence electrons. The van der Waals surface area contributed by atoms with Gasteiger partial charge in [-0.15, -0.1) is 24.2 Å². The molecule has 1 unspecified atom stereocenters. The van der Waals surface area contributed by atoms with Crippen molar-refractivity contribution in [3.63, 3.8) is 0 Å². The second-order valence-electron chi connectivity index (χ2n) is 4.59. The van der Waals surface area contributed by atoms with Gasteiger partial charge in [0, 0.05) is 6.54 Å². The summed E-state index contributed by atoms with van der Waals surface area (Å²) < 4.78 is 0. The van der Waals surface area contributed by atoms with Gasteiger partial charge >= 0.3 is 0 Å². The lowest BCUT2D eigenvalue weighted by Gasteiger charge is -2.23. The van der Waals surface area contributed by atoms with E-state index in [1.807, 2.05) is 0 Å². The van der Waals surface area contributed by atoms with Crippen LogP contribution < -0.4 is 10.6 Å². The minimum Gasteiger partial charge on any atom is -0.354 e. The minimum absolute atomic E-state index is 0. The molecule has 0 aliphatic carbocycles. The molecule has 2 amide bonds. The van der Waals surface area contributed by atoms with Crippen LogP contribution in [0.15, 0.2) is 0 Å². The number of carbonyl (C=O) groups excluding carboxylic acids is 2. The fraction of sp³-hybridized carbons (Fsp3) is 0.818. The largest absolute Gasteiger partial charge is 0.354 e. The Morgan fingerprint density at radius 2 is 2.39 bits per heavy atom. The van der Waals surface area contributed by atoms with Crippen LogP contribution in [0.25, 0.3) is 0 Å². The number of thioether (sulfide) groups is 1. The van der Waals surface area contributed by atoms with E-state index >= 15 is 0 Å². The first kappa shape index (κ1) is 15.6. The smallest absolute Gasteiger partial charge is 0.239 e. The number of nitrogens with one attached hydrogen (secondary N) is 2. The Kier molecular flexibility index (Phi) is 6.81. The predicted octanol–water partition coefficient (Wildman–Crippen LogP) is 0.0569. The van der Waals surface area contributed by atoms with E-state index in [0.29, 0.717) is 17.5 Å². The number of piperidine rings is 1. The third-order valence-corrected chi connectivity index (χ3v) is 4.09. The molecular formula is C11H20ClN3O2S. The van der Waals surface area contributed by atoms with Gasteiger partial charge in [0.25, 0.3) is 0 Å². The molecule has 2 aliphatic heterocycles. The van der Waals surface area contributed by atoms with Crippen molar-refractivity contribution >= 4 is 36.0 Å². The molecule has 5 nitrogen and oxygen atoms in total. The topological polar surface area (TPSA) is 61.4 Å². The summed E-state index contributed by atoms with van der Waals surface area (Å²) in [5.74, 6) is 1.74. The summed E-state index contributed by atoms with van der Waals surface area (Å²) in [6, 6.07) is 0. The summed E-state index contributed by atoms with van der Waals surface area (Å²) in [6.45, 7) is 3.01. The third kappa shape index (κ3) is 4.66. The standard InChI is InChI=1S/C11H19N3O2S.ClH/c15-10(6-14-8-17-7-11(14)16)13-5-9-2-1-3-12-4-9;/h9,12H,1-8H2,(H,13,15);1H. The van der Waals surface area contributed by atoms with Crippen LogP contribution in [0.2, 0.25) is 0 Å². The van der Waals surface area contributed by atoms with E-state index in [-0.39, 0.29) is 30.8 Å². The van der Waals surface area contributed by atoms with Crippen molar-refractivity contribution in [3.05, 3.63) is 0 Å². The lowest BCUT2D eigenvalue weighted by atomic mass is 10.00. The molecule has 1 atom stereocenters. The molecule has 0 aromatic heterocycles.